The number of aromatic nitrogens is 2. The average Bonchev–Trinajstić information content (AvgIpc) is 3.05. The largest absolute Gasteiger partial charge is 0.491 e. The summed E-state index contributed by atoms with van der Waals surface area (Å²) in [4.78, 5) is 12.1. The number of aliphatic hydroxyl groups excluding tert-OH is 1. The van der Waals surface area contributed by atoms with Crippen molar-refractivity contribution in [1.82, 2.24) is 14.5 Å². The van der Waals surface area contributed by atoms with Gasteiger partial charge in [0.2, 0.25) is 0 Å². The summed E-state index contributed by atoms with van der Waals surface area (Å²) in [6.07, 6.45) is 7.95. The number of nitrogens with zero attached hydrogens (tertiary/aromatic N) is 2. The fourth-order valence-electron chi connectivity index (χ4n) is 4.32. The van der Waals surface area contributed by atoms with E-state index < -0.39 is 6.10 Å². The number of allylic oxidation sites excluding steroid dienone is 1. The van der Waals surface area contributed by atoms with E-state index in [9.17, 15) is 9.90 Å². The molecule has 0 radical (unpaired) electrons. The summed E-state index contributed by atoms with van der Waals surface area (Å²) in [7, 11) is 3.48. The molecule has 0 unspecified atom stereocenters. The van der Waals surface area contributed by atoms with Crippen molar-refractivity contribution in [2.75, 3.05) is 13.2 Å². The molecule has 32 heavy (non-hydrogen) atoms. The Morgan fingerprint density at radius 3 is 2.59 bits per heavy atom. The first-order valence-corrected chi connectivity index (χ1v) is 11.5. The number of hydrogen-bond donors (Lipinski definition) is 2. The second kappa shape index (κ2) is 10.2. The lowest BCUT2D eigenvalue weighted by Gasteiger charge is -2.14. The van der Waals surface area contributed by atoms with Crippen LogP contribution in [0.5, 0.6) is 5.75 Å². The monoisotopic (exact) mass is 435 g/mol. The predicted octanol–water partition coefficient (Wildman–Crippen LogP) is 3.97. The number of fused-ring (bicyclic) bond motifs is 1. The molecule has 0 spiro atoms. The smallest absolute Gasteiger partial charge is 0.328 e. The lowest BCUT2D eigenvalue weighted by Crippen LogP contribution is -2.19. The van der Waals surface area contributed by atoms with Gasteiger partial charge in [-0.25, -0.2) is 4.79 Å². The number of ether oxygens (including phenoxy) is 1. The molecule has 0 saturated carbocycles. The summed E-state index contributed by atoms with van der Waals surface area (Å²) in [6.45, 7) is 2.00. The molecule has 6 nitrogen and oxygen atoms in total. The predicted molar refractivity (Wildman–Crippen MR) is 128 cm³/mol. The topological polar surface area (TPSA) is 68.4 Å². The fourth-order valence-corrected chi connectivity index (χ4v) is 4.32. The van der Waals surface area contributed by atoms with E-state index >= 15 is 0 Å². The van der Waals surface area contributed by atoms with Crippen molar-refractivity contribution in [3.63, 3.8) is 0 Å². The van der Waals surface area contributed by atoms with Gasteiger partial charge in [-0.1, -0.05) is 29.8 Å². The maximum Gasteiger partial charge on any atom is 0.328 e. The Bertz CT molecular complexity index is 1140. The van der Waals surface area contributed by atoms with Crippen LogP contribution < -0.4 is 15.7 Å². The van der Waals surface area contributed by atoms with Gasteiger partial charge in [-0.15, -0.1) is 0 Å². The molecule has 4 rings (SSSR count). The van der Waals surface area contributed by atoms with Gasteiger partial charge in [0.1, 0.15) is 18.5 Å². The van der Waals surface area contributed by atoms with E-state index in [1.807, 2.05) is 30.3 Å². The van der Waals surface area contributed by atoms with Crippen LogP contribution in [0.25, 0.3) is 11.0 Å². The molecule has 1 heterocycles. The van der Waals surface area contributed by atoms with Crippen LogP contribution in [0.15, 0.2) is 58.9 Å². The maximum atomic E-state index is 12.1. The Balaban J connectivity index is 1.26. The van der Waals surface area contributed by atoms with Gasteiger partial charge in [-0.2, -0.15) is 0 Å². The minimum absolute atomic E-state index is 0.0801. The quantitative estimate of drug-likeness (QED) is 0.394. The van der Waals surface area contributed by atoms with Gasteiger partial charge < -0.3 is 15.2 Å². The number of nitrogens with one attached hydrogen (secondary N) is 1. The zero-order valence-corrected chi connectivity index (χ0v) is 19.0. The molecule has 0 amide bonds. The van der Waals surface area contributed by atoms with Crippen molar-refractivity contribution in [3.8, 4) is 5.75 Å². The molecule has 170 valence electrons. The fraction of sp³-hybridized carbons (Fsp3) is 0.423. The number of hydrogen-bond acceptors (Lipinski definition) is 4. The molecule has 0 aliphatic heterocycles. The normalized spacial score (nSPS) is 15.0. The van der Waals surface area contributed by atoms with Crippen molar-refractivity contribution in [2.45, 2.75) is 44.8 Å². The molecule has 6 heteroatoms. The third kappa shape index (κ3) is 5.14. The standard InChI is InChI=1S/C26H33N3O3/c1-28-23-13-10-21(16-24(23)29(2)26(28)31)25(30)18-32-22-11-8-20(9-12-22)17-27-15-14-19-6-4-3-5-7-19/h6,8-13,16,25,27,30H,3-5,7,14-15,17-18H2,1-2H3/t25-/m1/s1. The van der Waals surface area contributed by atoms with Crippen LogP contribution in [0.1, 0.15) is 49.3 Å². The lowest BCUT2D eigenvalue weighted by atomic mass is 9.97. The number of aliphatic hydroxyl groups is 1. The second-order valence-corrected chi connectivity index (χ2v) is 8.65. The minimum atomic E-state index is -0.773. The third-order valence-corrected chi connectivity index (χ3v) is 6.35. The number of benzene rings is 2. The van der Waals surface area contributed by atoms with Gasteiger partial charge in [0.05, 0.1) is 11.0 Å². The first-order valence-electron chi connectivity index (χ1n) is 11.5. The Morgan fingerprint density at radius 2 is 1.84 bits per heavy atom. The Morgan fingerprint density at radius 1 is 1.06 bits per heavy atom. The molecular weight excluding hydrogens is 402 g/mol. The van der Waals surface area contributed by atoms with Gasteiger partial charge >= 0.3 is 5.69 Å². The Hall–Kier alpha value is -2.83. The molecule has 0 saturated heterocycles. The molecule has 3 aromatic rings. The summed E-state index contributed by atoms with van der Waals surface area (Å²) in [5.41, 5.74) is 5.10. The van der Waals surface area contributed by atoms with Crippen molar-refractivity contribution < 1.29 is 9.84 Å². The first-order chi connectivity index (χ1) is 15.5. The van der Waals surface area contributed by atoms with Gasteiger partial charge in [-0.05, 0) is 74.0 Å². The van der Waals surface area contributed by atoms with Crippen molar-refractivity contribution in [3.05, 3.63) is 75.7 Å². The van der Waals surface area contributed by atoms with Crippen LogP contribution in [0.3, 0.4) is 0 Å². The zero-order chi connectivity index (χ0) is 22.5. The molecule has 1 aliphatic rings. The summed E-state index contributed by atoms with van der Waals surface area (Å²) in [6, 6.07) is 13.6. The Kier molecular flexibility index (Phi) is 7.12. The van der Waals surface area contributed by atoms with Crippen molar-refractivity contribution in [1.29, 1.82) is 0 Å². The average molecular weight is 436 g/mol. The van der Waals surface area contributed by atoms with E-state index in [1.165, 1.54) is 31.2 Å². The van der Waals surface area contributed by atoms with E-state index in [4.69, 9.17) is 4.74 Å². The zero-order valence-electron chi connectivity index (χ0n) is 19.0. The second-order valence-electron chi connectivity index (χ2n) is 8.65. The molecule has 1 aromatic heterocycles. The van der Waals surface area contributed by atoms with E-state index in [2.05, 4.69) is 23.5 Å². The van der Waals surface area contributed by atoms with Gasteiger partial charge in [0, 0.05) is 20.6 Å². The number of imidazole rings is 1. The lowest BCUT2D eigenvalue weighted by molar-refractivity contribution is 0.108. The van der Waals surface area contributed by atoms with E-state index in [1.54, 1.807) is 28.8 Å². The molecular formula is C26H33N3O3. The molecule has 1 atom stereocenters. The number of aryl methyl sites for hydroxylation is 2. The van der Waals surface area contributed by atoms with Crippen LogP contribution >= 0.6 is 0 Å². The van der Waals surface area contributed by atoms with Gasteiger partial charge in [-0.3, -0.25) is 9.13 Å². The van der Waals surface area contributed by atoms with E-state index in [-0.39, 0.29) is 12.3 Å². The summed E-state index contributed by atoms with van der Waals surface area (Å²) in [5.74, 6) is 0.730. The highest BCUT2D eigenvalue weighted by Gasteiger charge is 2.13. The SMILES string of the molecule is Cn1c(=O)n(C)c2cc([C@H](O)COc3ccc(CNCCC4=CCCCC4)cc3)ccc21. The highest BCUT2D eigenvalue weighted by Crippen LogP contribution is 2.22. The number of rotatable bonds is 9. The highest BCUT2D eigenvalue weighted by atomic mass is 16.5. The first kappa shape index (κ1) is 22.4. The van der Waals surface area contributed by atoms with Crippen LogP contribution in [0.4, 0.5) is 0 Å². The summed E-state index contributed by atoms with van der Waals surface area (Å²) < 4.78 is 8.99. The van der Waals surface area contributed by atoms with Crippen LogP contribution in [0, 0.1) is 0 Å². The van der Waals surface area contributed by atoms with Gasteiger partial charge in [0.15, 0.2) is 0 Å². The summed E-state index contributed by atoms with van der Waals surface area (Å²) >= 11 is 0. The van der Waals surface area contributed by atoms with Crippen LogP contribution in [-0.2, 0) is 20.6 Å². The molecule has 0 bridgehead atoms. The highest BCUT2D eigenvalue weighted by molar-refractivity contribution is 5.76. The van der Waals surface area contributed by atoms with Gasteiger partial charge in [0.25, 0.3) is 0 Å². The summed E-state index contributed by atoms with van der Waals surface area (Å²) in [5, 5.41) is 14.1. The molecule has 0 fully saturated rings. The molecule has 2 aromatic carbocycles. The van der Waals surface area contributed by atoms with Crippen LogP contribution in [0.2, 0.25) is 0 Å². The maximum absolute atomic E-state index is 12.1. The molecule has 2 N–H and O–H groups in total. The minimum Gasteiger partial charge on any atom is -0.491 e. The van der Waals surface area contributed by atoms with E-state index in [0.717, 1.165) is 41.9 Å². The van der Waals surface area contributed by atoms with Crippen molar-refractivity contribution in [2.24, 2.45) is 14.1 Å². The third-order valence-electron chi connectivity index (χ3n) is 6.35. The van der Waals surface area contributed by atoms with Crippen molar-refractivity contribution >= 4 is 11.0 Å². The van der Waals surface area contributed by atoms with Crippen LogP contribution in [-0.4, -0.2) is 27.4 Å². The molecule has 1 aliphatic carbocycles. The van der Waals surface area contributed by atoms with E-state index in [0.29, 0.717) is 0 Å². The Labute approximate surface area is 189 Å².